The molecule has 0 radical (unpaired) electrons. The molecule has 1 amide bonds. The van der Waals surface area contributed by atoms with E-state index in [0.29, 0.717) is 6.04 Å². The van der Waals surface area contributed by atoms with Crippen molar-refractivity contribution >= 4 is 34.1 Å². The molecule has 5 rings (SSSR count). The van der Waals surface area contributed by atoms with Crippen LogP contribution in [-0.2, 0) is 0 Å². The Balaban J connectivity index is 1.47. The van der Waals surface area contributed by atoms with Crippen LogP contribution in [-0.4, -0.2) is 50.9 Å². The number of piperidine rings is 1. The first-order valence-corrected chi connectivity index (χ1v) is 9.65. The van der Waals surface area contributed by atoms with Crippen molar-refractivity contribution in [3.8, 4) is 0 Å². The highest BCUT2D eigenvalue weighted by Crippen LogP contribution is 2.36. The number of aromatic nitrogens is 3. The van der Waals surface area contributed by atoms with E-state index < -0.39 is 0 Å². The summed E-state index contributed by atoms with van der Waals surface area (Å²) in [7, 11) is 0. The Morgan fingerprint density at radius 1 is 1.20 bits per heavy atom. The van der Waals surface area contributed by atoms with Gasteiger partial charge < -0.3 is 14.8 Å². The van der Waals surface area contributed by atoms with Gasteiger partial charge in [-0.25, -0.2) is 9.97 Å². The number of nitrogens with one attached hydrogen (secondary N) is 1. The van der Waals surface area contributed by atoms with Gasteiger partial charge in [0.25, 0.3) is 5.91 Å². The Kier molecular flexibility index (Phi) is 3.48. The lowest BCUT2D eigenvalue weighted by Crippen LogP contribution is -2.52. The molecule has 6 nitrogen and oxygen atoms in total. The fourth-order valence-electron chi connectivity index (χ4n) is 4.34. The molecule has 0 saturated carbocycles. The Morgan fingerprint density at radius 3 is 3.04 bits per heavy atom. The van der Waals surface area contributed by atoms with E-state index in [1.165, 1.54) is 0 Å². The number of carbonyl (C=O) groups is 1. The van der Waals surface area contributed by atoms with Crippen molar-refractivity contribution in [2.24, 2.45) is 0 Å². The van der Waals surface area contributed by atoms with E-state index in [1.54, 1.807) is 17.7 Å². The number of aromatic amines is 1. The number of hydrogen-bond donors (Lipinski definition) is 1. The van der Waals surface area contributed by atoms with Crippen molar-refractivity contribution in [2.45, 2.75) is 31.3 Å². The SMILES string of the molecule is O=C(c1ccsc1)N1CCC[C@@H]2[C@H]1CCN2c1ncnc2[nH]ccc12. The van der Waals surface area contributed by atoms with E-state index in [9.17, 15) is 4.79 Å². The van der Waals surface area contributed by atoms with Crippen LogP contribution in [0.25, 0.3) is 11.0 Å². The molecule has 3 aromatic heterocycles. The molecule has 25 heavy (non-hydrogen) atoms. The van der Waals surface area contributed by atoms with Gasteiger partial charge in [0, 0.05) is 24.7 Å². The van der Waals surface area contributed by atoms with Crippen LogP contribution >= 0.6 is 11.3 Å². The summed E-state index contributed by atoms with van der Waals surface area (Å²) in [6.07, 6.45) is 6.67. The molecule has 2 saturated heterocycles. The maximum Gasteiger partial charge on any atom is 0.255 e. The topological polar surface area (TPSA) is 65.1 Å². The highest BCUT2D eigenvalue weighted by atomic mass is 32.1. The van der Waals surface area contributed by atoms with Gasteiger partial charge in [-0.15, -0.1) is 0 Å². The van der Waals surface area contributed by atoms with Crippen LogP contribution in [0.1, 0.15) is 29.6 Å². The molecule has 0 aliphatic carbocycles. The summed E-state index contributed by atoms with van der Waals surface area (Å²) in [5, 5.41) is 4.98. The monoisotopic (exact) mass is 353 g/mol. The van der Waals surface area contributed by atoms with E-state index in [1.807, 2.05) is 29.1 Å². The molecule has 3 aromatic rings. The summed E-state index contributed by atoms with van der Waals surface area (Å²) in [6.45, 7) is 1.78. The average Bonchev–Trinajstić information content (AvgIpc) is 3.39. The smallest absolute Gasteiger partial charge is 0.255 e. The number of H-pyrrole nitrogens is 1. The Labute approximate surface area is 149 Å². The highest BCUT2D eigenvalue weighted by Gasteiger charge is 2.43. The van der Waals surface area contributed by atoms with Crippen molar-refractivity contribution in [1.29, 1.82) is 0 Å². The number of thiophene rings is 1. The first-order chi connectivity index (χ1) is 12.3. The number of carbonyl (C=O) groups excluding carboxylic acids is 1. The van der Waals surface area contributed by atoms with Gasteiger partial charge in [-0.1, -0.05) is 0 Å². The Hall–Kier alpha value is -2.41. The normalized spacial score (nSPS) is 23.2. The summed E-state index contributed by atoms with van der Waals surface area (Å²) in [5.41, 5.74) is 1.69. The average molecular weight is 353 g/mol. The van der Waals surface area contributed by atoms with Crippen LogP contribution in [0.4, 0.5) is 5.82 Å². The fourth-order valence-corrected chi connectivity index (χ4v) is 4.97. The second-order valence-corrected chi connectivity index (χ2v) is 7.49. The van der Waals surface area contributed by atoms with E-state index in [2.05, 4.69) is 24.8 Å². The number of nitrogens with zero attached hydrogens (tertiary/aromatic N) is 4. The number of likely N-dealkylation sites (tertiary alicyclic amines) is 1. The molecular weight excluding hydrogens is 334 g/mol. The molecule has 1 N–H and O–H groups in total. The van der Waals surface area contributed by atoms with Gasteiger partial charge in [0.05, 0.1) is 23.0 Å². The molecule has 2 fully saturated rings. The fraction of sp³-hybridized carbons (Fsp3) is 0.389. The van der Waals surface area contributed by atoms with E-state index in [-0.39, 0.29) is 11.9 Å². The minimum atomic E-state index is 0.173. The van der Waals surface area contributed by atoms with Crippen LogP contribution in [0.5, 0.6) is 0 Å². The number of fused-ring (bicyclic) bond motifs is 2. The van der Waals surface area contributed by atoms with Crippen molar-refractivity contribution in [2.75, 3.05) is 18.0 Å². The second kappa shape index (κ2) is 5.84. The van der Waals surface area contributed by atoms with Crippen molar-refractivity contribution in [3.63, 3.8) is 0 Å². The molecule has 7 heteroatoms. The van der Waals surface area contributed by atoms with Gasteiger partial charge in [-0.3, -0.25) is 4.79 Å². The van der Waals surface area contributed by atoms with E-state index in [4.69, 9.17) is 0 Å². The summed E-state index contributed by atoms with van der Waals surface area (Å²) < 4.78 is 0. The predicted octanol–water partition coefficient (Wildman–Crippen LogP) is 2.90. The largest absolute Gasteiger partial charge is 0.351 e. The Bertz CT molecular complexity index is 905. The number of hydrogen-bond acceptors (Lipinski definition) is 5. The summed E-state index contributed by atoms with van der Waals surface area (Å²) in [5.74, 6) is 1.16. The van der Waals surface area contributed by atoms with Crippen LogP contribution in [0.2, 0.25) is 0 Å². The molecule has 0 unspecified atom stereocenters. The van der Waals surface area contributed by atoms with Crippen LogP contribution in [0, 0.1) is 0 Å². The van der Waals surface area contributed by atoms with E-state index >= 15 is 0 Å². The zero-order valence-electron chi connectivity index (χ0n) is 13.8. The van der Waals surface area contributed by atoms with Crippen molar-refractivity contribution in [1.82, 2.24) is 19.9 Å². The van der Waals surface area contributed by atoms with Crippen LogP contribution in [0.15, 0.2) is 35.4 Å². The lowest BCUT2D eigenvalue weighted by atomic mass is 9.96. The minimum absolute atomic E-state index is 0.173. The van der Waals surface area contributed by atoms with E-state index in [0.717, 1.165) is 54.8 Å². The highest BCUT2D eigenvalue weighted by molar-refractivity contribution is 7.08. The molecule has 0 spiro atoms. The quantitative estimate of drug-likeness (QED) is 0.769. The number of amides is 1. The minimum Gasteiger partial charge on any atom is -0.351 e. The number of anilines is 1. The first kappa shape index (κ1) is 14.9. The third-order valence-electron chi connectivity index (χ3n) is 5.44. The first-order valence-electron chi connectivity index (χ1n) is 8.71. The number of rotatable bonds is 2. The van der Waals surface area contributed by atoms with Gasteiger partial charge in [0.15, 0.2) is 0 Å². The van der Waals surface area contributed by atoms with Gasteiger partial charge in [-0.05, 0) is 36.8 Å². The second-order valence-electron chi connectivity index (χ2n) is 6.71. The van der Waals surface area contributed by atoms with Gasteiger partial charge in [0.2, 0.25) is 0 Å². The van der Waals surface area contributed by atoms with Crippen molar-refractivity contribution < 1.29 is 4.79 Å². The molecule has 2 aliphatic rings. The molecule has 128 valence electrons. The third-order valence-corrected chi connectivity index (χ3v) is 6.13. The van der Waals surface area contributed by atoms with Crippen LogP contribution < -0.4 is 4.90 Å². The van der Waals surface area contributed by atoms with Gasteiger partial charge in [-0.2, -0.15) is 11.3 Å². The molecular formula is C18H19N5OS. The third kappa shape index (κ3) is 2.33. The predicted molar refractivity (Wildman–Crippen MR) is 98.0 cm³/mol. The van der Waals surface area contributed by atoms with Crippen molar-refractivity contribution in [3.05, 3.63) is 41.0 Å². The molecule has 0 aromatic carbocycles. The van der Waals surface area contributed by atoms with Crippen LogP contribution in [0.3, 0.4) is 0 Å². The summed E-state index contributed by atoms with van der Waals surface area (Å²) in [4.78, 5) is 29.4. The molecule has 2 aliphatic heterocycles. The Morgan fingerprint density at radius 2 is 2.16 bits per heavy atom. The van der Waals surface area contributed by atoms with Gasteiger partial charge >= 0.3 is 0 Å². The maximum atomic E-state index is 12.9. The standard InChI is InChI=1S/C18H19N5OS/c24-18(12-5-9-25-10-12)23-7-1-2-14-15(23)4-8-22(14)17-13-3-6-19-16(13)20-11-21-17/h3,5-6,9-11,14-15H,1-2,4,7-8H2,(H,19,20,21)/t14-,15-/m1/s1. The summed E-state index contributed by atoms with van der Waals surface area (Å²) in [6, 6.07) is 4.57. The molecule has 5 heterocycles. The maximum absolute atomic E-state index is 12.9. The lowest BCUT2D eigenvalue weighted by molar-refractivity contribution is 0.0609. The zero-order valence-corrected chi connectivity index (χ0v) is 14.6. The summed E-state index contributed by atoms with van der Waals surface area (Å²) >= 11 is 1.58. The molecule has 2 atom stereocenters. The lowest BCUT2D eigenvalue weighted by Gasteiger charge is -2.40. The molecule has 0 bridgehead atoms. The van der Waals surface area contributed by atoms with Gasteiger partial charge in [0.1, 0.15) is 17.8 Å². The zero-order chi connectivity index (χ0) is 16.8.